The highest BCUT2D eigenvalue weighted by atomic mass is 32.1. The molecule has 0 spiro atoms. The molecule has 0 unspecified atom stereocenters. The molecule has 5 nitrogen and oxygen atoms in total. The van der Waals surface area contributed by atoms with Gasteiger partial charge in [0, 0.05) is 33.3 Å². The van der Waals surface area contributed by atoms with Crippen LogP contribution in [0.5, 0.6) is 0 Å². The number of methoxy groups -OCH3 is 1. The minimum atomic E-state index is -0.865. The van der Waals surface area contributed by atoms with E-state index in [2.05, 4.69) is 21.8 Å². The Morgan fingerprint density at radius 1 is 1.32 bits per heavy atom. The fraction of sp³-hybridized carbons (Fsp3) is 0.769. The van der Waals surface area contributed by atoms with Crippen LogP contribution in [0.1, 0.15) is 24.4 Å². The van der Waals surface area contributed by atoms with E-state index < -0.39 is 5.60 Å². The lowest BCUT2D eigenvalue weighted by atomic mass is 10.1. The van der Waals surface area contributed by atoms with Crippen LogP contribution in [0, 0.1) is 0 Å². The van der Waals surface area contributed by atoms with Gasteiger partial charge in [0.05, 0.1) is 22.8 Å². The Bertz CT molecular complexity index is 420. The maximum Gasteiger partial charge on any atom is 0.186 e. The Morgan fingerprint density at radius 2 is 1.95 bits per heavy atom. The summed E-state index contributed by atoms with van der Waals surface area (Å²) in [5.74, 6) is 0. The number of anilines is 1. The average Bonchev–Trinajstić information content (AvgIpc) is 2.74. The first-order valence-corrected chi connectivity index (χ1v) is 7.38. The number of nitrogens with zero attached hydrogens (tertiary/aromatic N) is 3. The van der Waals surface area contributed by atoms with Crippen molar-refractivity contribution in [2.75, 3.05) is 45.2 Å². The zero-order valence-corrected chi connectivity index (χ0v) is 13.0. The van der Waals surface area contributed by atoms with Gasteiger partial charge in [-0.05, 0) is 20.9 Å². The molecule has 108 valence electrons. The number of hydrogen-bond acceptors (Lipinski definition) is 6. The summed E-state index contributed by atoms with van der Waals surface area (Å²) in [7, 11) is 3.79. The number of likely N-dealkylation sites (N-methyl/N-ethyl adjacent to an activating group) is 1. The molecule has 1 N–H and O–H groups in total. The lowest BCUT2D eigenvalue weighted by Gasteiger charge is -2.32. The molecule has 1 fully saturated rings. The summed E-state index contributed by atoms with van der Waals surface area (Å²) in [4.78, 5) is 10.2. The van der Waals surface area contributed by atoms with Crippen LogP contribution in [0.15, 0.2) is 0 Å². The molecule has 2 rings (SSSR count). The molecule has 1 aromatic heterocycles. The number of piperazine rings is 1. The highest BCUT2D eigenvalue weighted by Crippen LogP contribution is 2.34. The van der Waals surface area contributed by atoms with Gasteiger partial charge in [-0.25, -0.2) is 4.98 Å². The van der Waals surface area contributed by atoms with Crippen molar-refractivity contribution in [3.63, 3.8) is 0 Å². The second-order valence-corrected chi connectivity index (χ2v) is 6.53. The summed E-state index contributed by atoms with van der Waals surface area (Å²) in [6.07, 6.45) is 0. The van der Waals surface area contributed by atoms with Crippen molar-refractivity contribution in [3.05, 3.63) is 10.6 Å². The molecule has 0 amide bonds. The van der Waals surface area contributed by atoms with Crippen molar-refractivity contribution < 1.29 is 9.84 Å². The third kappa shape index (κ3) is 3.45. The van der Waals surface area contributed by atoms with Gasteiger partial charge in [-0.3, -0.25) is 0 Å². The highest BCUT2D eigenvalue weighted by molar-refractivity contribution is 7.15. The minimum absolute atomic E-state index is 0.448. The quantitative estimate of drug-likeness (QED) is 0.903. The van der Waals surface area contributed by atoms with Crippen molar-refractivity contribution in [3.8, 4) is 0 Å². The fourth-order valence-corrected chi connectivity index (χ4v) is 3.31. The number of aliphatic hydroxyl groups is 1. The summed E-state index contributed by atoms with van der Waals surface area (Å²) >= 11 is 1.58. The third-order valence-corrected chi connectivity index (χ3v) is 4.77. The maximum atomic E-state index is 10.2. The SMILES string of the molecule is COCc1nc(N2CCN(C)CC2)sc1C(C)(C)O. The Balaban J connectivity index is 2.22. The second kappa shape index (κ2) is 5.75. The molecule has 0 bridgehead atoms. The van der Waals surface area contributed by atoms with Crippen molar-refractivity contribution in [2.45, 2.75) is 26.1 Å². The first-order chi connectivity index (χ1) is 8.91. The standard InChI is InChI=1S/C13H23N3O2S/c1-13(2,17)11-10(9-18-4)14-12(19-11)16-7-5-15(3)6-8-16/h17H,5-9H2,1-4H3. The van der Waals surface area contributed by atoms with Crippen LogP contribution >= 0.6 is 11.3 Å². The minimum Gasteiger partial charge on any atom is -0.385 e. The zero-order valence-electron chi connectivity index (χ0n) is 12.1. The Hall–Kier alpha value is -0.690. The number of hydrogen-bond donors (Lipinski definition) is 1. The van der Waals surface area contributed by atoms with E-state index in [9.17, 15) is 5.11 Å². The molecule has 1 aromatic rings. The van der Waals surface area contributed by atoms with Crippen LogP contribution in [-0.2, 0) is 16.9 Å². The lowest BCUT2D eigenvalue weighted by Crippen LogP contribution is -2.44. The van der Waals surface area contributed by atoms with E-state index in [4.69, 9.17) is 4.74 Å². The van der Waals surface area contributed by atoms with Crippen molar-refractivity contribution >= 4 is 16.5 Å². The molecule has 0 aromatic carbocycles. The molecule has 19 heavy (non-hydrogen) atoms. The molecule has 1 aliphatic rings. The molecule has 0 radical (unpaired) electrons. The van der Waals surface area contributed by atoms with Crippen LogP contribution in [0.3, 0.4) is 0 Å². The van der Waals surface area contributed by atoms with Gasteiger partial charge in [0.1, 0.15) is 0 Å². The molecule has 0 atom stereocenters. The number of thiazole rings is 1. The van der Waals surface area contributed by atoms with Gasteiger partial charge in [0.25, 0.3) is 0 Å². The maximum absolute atomic E-state index is 10.2. The van der Waals surface area contributed by atoms with Crippen LogP contribution in [0.4, 0.5) is 5.13 Å². The van der Waals surface area contributed by atoms with Gasteiger partial charge in [-0.2, -0.15) is 0 Å². The average molecular weight is 285 g/mol. The van der Waals surface area contributed by atoms with Crippen molar-refractivity contribution in [1.29, 1.82) is 0 Å². The molecule has 0 aliphatic carbocycles. The predicted octanol–water partition coefficient (Wildman–Crippen LogP) is 1.27. The molecule has 1 aliphatic heterocycles. The largest absolute Gasteiger partial charge is 0.385 e. The first kappa shape index (κ1) is 14.7. The van der Waals surface area contributed by atoms with E-state index in [1.807, 2.05) is 0 Å². The lowest BCUT2D eigenvalue weighted by molar-refractivity contribution is 0.0782. The molecule has 0 saturated carbocycles. The van der Waals surface area contributed by atoms with E-state index in [1.165, 1.54) is 0 Å². The number of ether oxygens (including phenoxy) is 1. The van der Waals surface area contributed by atoms with Crippen LogP contribution in [0.25, 0.3) is 0 Å². The smallest absolute Gasteiger partial charge is 0.186 e. The van der Waals surface area contributed by atoms with Gasteiger partial charge in [-0.15, -0.1) is 0 Å². The molecule has 1 saturated heterocycles. The topological polar surface area (TPSA) is 48.8 Å². The van der Waals surface area contributed by atoms with Gasteiger partial charge in [-0.1, -0.05) is 11.3 Å². The molecular weight excluding hydrogens is 262 g/mol. The fourth-order valence-electron chi connectivity index (χ4n) is 2.18. The number of rotatable bonds is 4. The summed E-state index contributed by atoms with van der Waals surface area (Å²) in [6.45, 7) is 8.13. The van der Waals surface area contributed by atoms with Crippen molar-refractivity contribution in [2.24, 2.45) is 0 Å². The Morgan fingerprint density at radius 3 is 2.47 bits per heavy atom. The summed E-state index contributed by atoms with van der Waals surface area (Å²) < 4.78 is 5.19. The Kier molecular flexibility index (Phi) is 4.45. The summed E-state index contributed by atoms with van der Waals surface area (Å²) in [5.41, 5.74) is -0.00923. The second-order valence-electron chi connectivity index (χ2n) is 5.55. The normalized spacial score (nSPS) is 18.1. The molecule has 6 heteroatoms. The third-order valence-electron chi connectivity index (χ3n) is 3.30. The van der Waals surface area contributed by atoms with Gasteiger partial charge < -0.3 is 19.6 Å². The van der Waals surface area contributed by atoms with Crippen LogP contribution < -0.4 is 4.90 Å². The predicted molar refractivity (Wildman–Crippen MR) is 77.8 cm³/mol. The summed E-state index contributed by atoms with van der Waals surface area (Å²) in [5, 5.41) is 11.2. The monoisotopic (exact) mass is 285 g/mol. The van der Waals surface area contributed by atoms with E-state index in [-0.39, 0.29) is 0 Å². The van der Waals surface area contributed by atoms with E-state index in [0.29, 0.717) is 6.61 Å². The molecular formula is C13H23N3O2S. The van der Waals surface area contributed by atoms with E-state index in [0.717, 1.165) is 41.9 Å². The Labute approximate surface area is 118 Å². The highest BCUT2D eigenvalue weighted by Gasteiger charge is 2.27. The van der Waals surface area contributed by atoms with Gasteiger partial charge in [0.15, 0.2) is 5.13 Å². The van der Waals surface area contributed by atoms with Gasteiger partial charge in [0.2, 0.25) is 0 Å². The number of aromatic nitrogens is 1. The first-order valence-electron chi connectivity index (χ1n) is 6.57. The van der Waals surface area contributed by atoms with Crippen molar-refractivity contribution in [1.82, 2.24) is 9.88 Å². The van der Waals surface area contributed by atoms with Crippen LogP contribution in [-0.4, -0.2) is 55.3 Å². The van der Waals surface area contributed by atoms with Gasteiger partial charge >= 0.3 is 0 Å². The molecule has 2 heterocycles. The zero-order chi connectivity index (χ0) is 14.0. The van der Waals surface area contributed by atoms with E-state index in [1.54, 1.807) is 32.3 Å². The van der Waals surface area contributed by atoms with E-state index >= 15 is 0 Å². The van der Waals surface area contributed by atoms with Crippen LogP contribution in [0.2, 0.25) is 0 Å². The summed E-state index contributed by atoms with van der Waals surface area (Å²) in [6, 6.07) is 0.